The predicted octanol–water partition coefficient (Wildman–Crippen LogP) is 3.84. The van der Waals surface area contributed by atoms with E-state index in [0.717, 1.165) is 25.3 Å². The molecule has 5 rings (SSSR count). The highest BCUT2D eigenvalue weighted by Crippen LogP contribution is 2.37. The summed E-state index contributed by atoms with van der Waals surface area (Å²) in [5, 5.41) is 20.4. The van der Waals surface area contributed by atoms with Crippen LogP contribution in [0.1, 0.15) is 32.6 Å². The molecule has 10 heteroatoms. The first-order valence-electron chi connectivity index (χ1n) is 12.2. The van der Waals surface area contributed by atoms with Crippen LogP contribution >= 0.6 is 0 Å². The first-order chi connectivity index (χ1) is 17.5. The molecule has 2 aromatic heterocycles. The molecular formula is C26H31FN6O3. The van der Waals surface area contributed by atoms with Crippen molar-refractivity contribution in [2.45, 2.75) is 44.2 Å². The van der Waals surface area contributed by atoms with Crippen LogP contribution in [0.4, 0.5) is 10.2 Å². The van der Waals surface area contributed by atoms with Gasteiger partial charge in [0.05, 0.1) is 19.0 Å². The van der Waals surface area contributed by atoms with E-state index >= 15 is 4.39 Å². The van der Waals surface area contributed by atoms with Crippen LogP contribution in [0.25, 0.3) is 22.4 Å². The molecule has 1 saturated heterocycles. The Hall–Kier alpha value is -3.37. The summed E-state index contributed by atoms with van der Waals surface area (Å²) in [5.74, 6) is 1.07. The average Bonchev–Trinajstić information content (AvgIpc) is 3.35. The highest BCUT2D eigenvalue weighted by Gasteiger charge is 2.36. The van der Waals surface area contributed by atoms with Gasteiger partial charge in [-0.2, -0.15) is 5.10 Å². The van der Waals surface area contributed by atoms with Gasteiger partial charge in [-0.1, -0.05) is 0 Å². The van der Waals surface area contributed by atoms with Crippen molar-refractivity contribution in [1.82, 2.24) is 25.7 Å². The summed E-state index contributed by atoms with van der Waals surface area (Å²) < 4.78 is 31.2. The van der Waals surface area contributed by atoms with Crippen LogP contribution in [0.15, 0.2) is 36.5 Å². The standard InChI is InChI=1S/C26H31FN6O3/c1-26(8-4-9-26)29-18-7-10-33(15-18)24-6-5-22(30-31-24)20-12-21(27)19(13-23(20)36-16-34-2)17-11-25(35-3)32-28-14-17/h5-6,11-14,18,29H,4,7-10,15-16H2,1-3H3. The minimum atomic E-state index is -0.450. The number of methoxy groups -OCH3 is 2. The summed E-state index contributed by atoms with van der Waals surface area (Å²) in [7, 11) is 3.01. The molecule has 1 aliphatic carbocycles. The van der Waals surface area contributed by atoms with Gasteiger partial charge in [-0.3, -0.25) is 0 Å². The maximum Gasteiger partial charge on any atom is 0.233 e. The van der Waals surface area contributed by atoms with Crippen molar-refractivity contribution in [3.8, 4) is 34.0 Å². The van der Waals surface area contributed by atoms with Gasteiger partial charge in [-0.15, -0.1) is 15.3 Å². The fourth-order valence-electron chi connectivity index (χ4n) is 4.88. The van der Waals surface area contributed by atoms with E-state index in [1.54, 1.807) is 12.1 Å². The van der Waals surface area contributed by atoms with E-state index in [0.29, 0.717) is 34.2 Å². The van der Waals surface area contributed by atoms with Gasteiger partial charge < -0.3 is 24.4 Å². The fourth-order valence-corrected chi connectivity index (χ4v) is 4.88. The molecule has 1 aromatic carbocycles. The van der Waals surface area contributed by atoms with Crippen LogP contribution in [0.2, 0.25) is 0 Å². The minimum absolute atomic E-state index is 0.00257. The summed E-state index contributed by atoms with van der Waals surface area (Å²) >= 11 is 0. The van der Waals surface area contributed by atoms with E-state index in [9.17, 15) is 0 Å². The lowest BCUT2D eigenvalue weighted by Gasteiger charge is -2.41. The highest BCUT2D eigenvalue weighted by atomic mass is 19.1. The zero-order chi connectivity index (χ0) is 25.1. The van der Waals surface area contributed by atoms with Gasteiger partial charge >= 0.3 is 0 Å². The Morgan fingerprint density at radius 3 is 2.67 bits per heavy atom. The Kier molecular flexibility index (Phi) is 6.97. The van der Waals surface area contributed by atoms with Crippen molar-refractivity contribution >= 4 is 5.82 Å². The van der Waals surface area contributed by atoms with Crippen molar-refractivity contribution in [2.75, 3.05) is 39.0 Å². The summed E-state index contributed by atoms with van der Waals surface area (Å²) in [5.41, 5.74) is 2.10. The predicted molar refractivity (Wildman–Crippen MR) is 134 cm³/mol. The van der Waals surface area contributed by atoms with Crippen molar-refractivity contribution in [3.05, 3.63) is 42.3 Å². The maximum absolute atomic E-state index is 15.3. The molecule has 2 aliphatic rings. The lowest BCUT2D eigenvalue weighted by atomic mass is 9.78. The highest BCUT2D eigenvalue weighted by molar-refractivity contribution is 5.75. The van der Waals surface area contributed by atoms with Crippen LogP contribution in [0, 0.1) is 5.82 Å². The average molecular weight is 495 g/mol. The minimum Gasteiger partial charge on any atom is -0.480 e. The third-order valence-electron chi connectivity index (χ3n) is 7.00. The van der Waals surface area contributed by atoms with Gasteiger partial charge in [0.1, 0.15) is 11.6 Å². The number of halogens is 1. The Bertz CT molecular complexity index is 1200. The van der Waals surface area contributed by atoms with Gasteiger partial charge in [-0.25, -0.2) is 4.39 Å². The van der Waals surface area contributed by atoms with Crippen LogP contribution in [0.3, 0.4) is 0 Å². The summed E-state index contributed by atoms with van der Waals surface area (Å²) in [6.45, 7) is 4.14. The van der Waals surface area contributed by atoms with Crippen molar-refractivity contribution in [3.63, 3.8) is 0 Å². The second-order valence-electron chi connectivity index (χ2n) is 9.63. The molecule has 0 amide bonds. The molecule has 190 valence electrons. The normalized spacial score (nSPS) is 18.7. The number of aromatic nitrogens is 4. The van der Waals surface area contributed by atoms with Gasteiger partial charge in [0.25, 0.3) is 0 Å². The van der Waals surface area contributed by atoms with Gasteiger partial charge in [0.2, 0.25) is 5.88 Å². The van der Waals surface area contributed by atoms with E-state index in [1.165, 1.54) is 45.7 Å². The SMILES string of the molecule is COCOc1cc(-c2cnnc(OC)c2)c(F)cc1-c1ccc(N2CCC(NC3(C)CCC3)C2)nn1. The molecule has 36 heavy (non-hydrogen) atoms. The Morgan fingerprint density at radius 2 is 1.97 bits per heavy atom. The lowest BCUT2D eigenvalue weighted by Crippen LogP contribution is -2.53. The first-order valence-corrected chi connectivity index (χ1v) is 12.2. The Morgan fingerprint density at radius 1 is 1.11 bits per heavy atom. The van der Waals surface area contributed by atoms with E-state index in [-0.39, 0.29) is 18.2 Å². The molecule has 0 radical (unpaired) electrons. The fraction of sp³-hybridized carbons (Fsp3) is 0.462. The van der Waals surface area contributed by atoms with Gasteiger partial charge in [0, 0.05) is 54.5 Å². The molecule has 0 bridgehead atoms. The molecular weight excluding hydrogens is 463 g/mol. The van der Waals surface area contributed by atoms with E-state index in [1.807, 2.05) is 12.1 Å². The first kappa shape index (κ1) is 24.3. The molecule has 3 heterocycles. The van der Waals surface area contributed by atoms with Crippen LogP contribution in [-0.4, -0.2) is 66.1 Å². The van der Waals surface area contributed by atoms with Crippen molar-refractivity contribution < 1.29 is 18.6 Å². The smallest absolute Gasteiger partial charge is 0.233 e. The number of rotatable bonds is 9. The maximum atomic E-state index is 15.3. The molecule has 2 fully saturated rings. The second-order valence-corrected chi connectivity index (χ2v) is 9.63. The van der Waals surface area contributed by atoms with Crippen LogP contribution < -0.4 is 19.7 Å². The lowest BCUT2D eigenvalue weighted by molar-refractivity contribution is 0.0515. The number of anilines is 1. The molecule has 1 unspecified atom stereocenters. The van der Waals surface area contributed by atoms with Gasteiger partial charge in [-0.05, 0) is 56.9 Å². The quantitative estimate of drug-likeness (QED) is 0.445. The van der Waals surface area contributed by atoms with Gasteiger partial charge in [0.15, 0.2) is 12.6 Å². The number of nitrogens with zero attached hydrogens (tertiary/aromatic N) is 5. The number of ether oxygens (including phenoxy) is 3. The third kappa shape index (κ3) is 5.10. The molecule has 3 aromatic rings. The third-order valence-corrected chi connectivity index (χ3v) is 7.00. The second kappa shape index (κ2) is 10.3. The number of benzene rings is 1. The number of nitrogens with one attached hydrogen (secondary N) is 1. The Balaban J connectivity index is 1.38. The molecule has 0 spiro atoms. The van der Waals surface area contributed by atoms with Crippen molar-refractivity contribution in [2.24, 2.45) is 0 Å². The molecule has 1 saturated carbocycles. The van der Waals surface area contributed by atoms with Crippen LogP contribution in [-0.2, 0) is 4.74 Å². The van der Waals surface area contributed by atoms with E-state index < -0.39 is 5.82 Å². The largest absolute Gasteiger partial charge is 0.480 e. The summed E-state index contributed by atoms with van der Waals surface area (Å²) in [4.78, 5) is 2.24. The monoisotopic (exact) mass is 494 g/mol. The van der Waals surface area contributed by atoms with E-state index in [2.05, 4.69) is 37.5 Å². The van der Waals surface area contributed by atoms with Crippen LogP contribution in [0.5, 0.6) is 11.6 Å². The molecule has 1 aliphatic heterocycles. The zero-order valence-corrected chi connectivity index (χ0v) is 20.8. The van der Waals surface area contributed by atoms with Crippen molar-refractivity contribution in [1.29, 1.82) is 0 Å². The zero-order valence-electron chi connectivity index (χ0n) is 20.8. The summed E-state index contributed by atoms with van der Waals surface area (Å²) in [6, 6.07) is 8.85. The van der Waals surface area contributed by atoms with E-state index in [4.69, 9.17) is 14.2 Å². The summed E-state index contributed by atoms with van der Waals surface area (Å²) in [6.07, 6.45) is 6.34. The molecule has 1 N–H and O–H groups in total. The molecule has 1 atom stereocenters. The number of hydrogen-bond acceptors (Lipinski definition) is 9. The number of hydrogen-bond donors (Lipinski definition) is 1. The molecule has 9 nitrogen and oxygen atoms in total. The topological polar surface area (TPSA) is 94.5 Å². The Labute approximate surface area is 210 Å².